The zero-order valence-corrected chi connectivity index (χ0v) is 18.8. The second kappa shape index (κ2) is 8.48. The van der Waals surface area contributed by atoms with Crippen molar-refractivity contribution >= 4 is 28.3 Å². The molecule has 1 heterocycles. The van der Waals surface area contributed by atoms with Crippen LogP contribution in [-0.4, -0.2) is 20.9 Å². The predicted octanol–water partition coefficient (Wildman–Crippen LogP) is 6.02. The molecule has 1 unspecified atom stereocenters. The molecule has 2 amide bonds. The molecule has 32 heavy (non-hydrogen) atoms. The summed E-state index contributed by atoms with van der Waals surface area (Å²) in [5.41, 5.74) is 2.93. The smallest absolute Gasteiger partial charge is 0.324 e. The molecule has 6 heteroatoms. The van der Waals surface area contributed by atoms with Crippen LogP contribution in [0.1, 0.15) is 45.1 Å². The number of amides is 2. The molecule has 6 nitrogen and oxygen atoms in total. The first-order chi connectivity index (χ1) is 15.2. The molecule has 0 fully saturated rings. The second-order valence-corrected chi connectivity index (χ2v) is 8.95. The van der Waals surface area contributed by atoms with E-state index in [4.69, 9.17) is 5.10 Å². The molecule has 4 aromatic rings. The average molecular weight is 429 g/mol. The van der Waals surface area contributed by atoms with Crippen LogP contribution >= 0.6 is 0 Å². The van der Waals surface area contributed by atoms with Crippen LogP contribution < -0.4 is 10.6 Å². The Labute approximate surface area is 187 Å². The quantitative estimate of drug-likeness (QED) is 0.372. The minimum absolute atomic E-state index is 0.199. The summed E-state index contributed by atoms with van der Waals surface area (Å²) in [5.74, 6) is 0.551. The van der Waals surface area contributed by atoms with Gasteiger partial charge in [0.2, 0.25) is 0 Å². The number of rotatable bonds is 4. The minimum Gasteiger partial charge on any atom is -0.389 e. The van der Waals surface area contributed by atoms with Crippen LogP contribution in [0.15, 0.2) is 72.8 Å². The maximum Gasteiger partial charge on any atom is 0.324 e. The number of urea groups is 1. The molecule has 4 rings (SSSR count). The molecule has 0 bridgehead atoms. The van der Waals surface area contributed by atoms with Gasteiger partial charge >= 0.3 is 6.03 Å². The standard InChI is InChI=1S/C26H28N4O2/c1-17(31)19-11-7-12-20(15-19)30-24(16-23(29-30)26(2,3)4)28-25(32)27-22-14-8-10-18-9-5-6-13-21(18)22/h5-17,31H,1-4H3,(H2,27,28,32). The molecular weight excluding hydrogens is 400 g/mol. The fraction of sp³-hybridized carbons (Fsp3) is 0.231. The van der Waals surface area contributed by atoms with Gasteiger partial charge in [0, 0.05) is 16.9 Å². The fourth-order valence-electron chi connectivity index (χ4n) is 3.55. The summed E-state index contributed by atoms with van der Waals surface area (Å²) in [6.45, 7) is 7.95. The lowest BCUT2D eigenvalue weighted by molar-refractivity contribution is 0.199. The van der Waals surface area contributed by atoms with Crippen molar-refractivity contribution in [1.29, 1.82) is 0 Å². The van der Waals surface area contributed by atoms with E-state index in [0.29, 0.717) is 5.82 Å². The molecule has 0 spiro atoms. The fourth-order valence-corrected chi connectivity index (χ4v) is 3.55. The normalized spacial score (nSPS) is 12.5. The van der Waals surface area contributed by atoms with Crippen molar-refractivity contribution in [3.63, 3.8) is 0 Å². The van der Waals surface area contributed by atoms with Gasteiger partial charge in [0.25, 0.3) is 0 Å². The van der Waals surface area contributed by atoms with E-state index in [0.717, 1.165) is 33.4 Å². The predicted molar refractivity (Wildman–Crippen MR) is 129 cm³/mol. The number of nitrogens with zero attached hydrogens (tertiary/aromatic N) is 2. The van der Waals surface area contributed by atoms with Crippen molar-refractivity contribution in [3.8, 4) is 5.69 Å². The second-order valence-electron chi connectivity index (χ2n) is 8.95. The van der Waals surface area contributed by atoms with E-state index in [9.17, 15) is 9.90 Å². The summed E-state index contributed by atoms with van der Waals surface area (Å²) in [6, 6.07) is 22.8. The number of benzene rings is 3. The van der Waals surface area contributed by atoms with E-state index in [1.807, 2.05) is 72.8 Å². The molecule has 1 atom stereocenters. The van der Waals surface area contributed by atoms with Gasteiger partial charge in [0.1, 0.15) is 5.82 Å². The summed E-state index contributed by atoms with van der Waals surface area (Å²) in [6.07, 6.45) is -0.598. The number of anilines is 2. The Kier molecular flexibility index (Phi) is 5.72. The molecule has 0 saturated carbocycles. The van der Waals surface area contributed by atoms with E-state index >= 15 is 0 Å². The van der Waals surface area contributed by atoms with Crippen molar-refractivity contribution in [1.82, 2.24) is 9.78 Å². The van der Waals surface area contributed by atoms with Crippen LogP contribution in [-0.2, 0) is 5.41 Å². The molecule has 164 valence electrons. The molecule has 0 aliphatic carbocycles. The Morgan fingerprint density at radius 1 is 0.969 bits per heavy atom. The van der Waals surface area contributed by atoms with Crippen LogP contribution in [0.4, 0.5) is 16.3 Å². The van der Waals surface area contributed by atoms with E-state index in [1.165, 1.54) is 0 Å². The average Bonchev–Trinajstić information content (AvgIpc) is 3.18. The van der Waals surface area contributed by atoms with E-state index in [1.54, 1.807) is 11.6 Å². The first-order valence-corrected chi connectivity index (χ1v) is 10.7. The third-order valence-corrected chi connectivity index (χ3v) is 5.35. The number of carbonyl (C=O) groups excluding carboxylic acids is 1. The van der Waals surface area contributed by atoms with Gasteiger partial charge in [-0.15, -0.1) is 0 Å². The Bertz CT molecular complexity index is 1260. The monoisotopic (exact) mass is 428 g/mol. The third kappa shape index (κ3) is 4.50. The Morgan fingerprint density at radius 2 is 1.69 bits per heavy atom. The van der Waals surface area contributed by atoms with Crippen LogP contribution in [0.3, 0.4) is 0 Å². The van der Waals surface area contributed by atoms with Gasteiger partial charge in [-0.05, 0) is 36.1 Å². The summed E-state index contributed by atoms with van der Waals surface area (Å²) < 4.78 is 1.70. The summed E-state index contributed by atoms with van der Waals surface area (Å²) in [5, 5.41) is 22.7. The zero-order valence-electron chi connectivity index (χ0n) is 18.8. The summed E-state index contributed by atoms with van der Waals surface area (Å²) >= 11 is 0. The van der Waals surface area contributed by atoms with Crippen LogP contribution in [0, 0.1) is 0 Å². The zero-order chi connectivity index (χ0) is 22.9. The van der Waals surface area contributed by atoms with Crippen LogP contribution in [0.25, 0.3) is 16.5 Å². The van der Waals surface area contributed by atoms with Gasteiger partial charge in [-0.25, -0.2) is 9.48 Å². The maximum absolute atomic E-state index is 12.9. The number of aliphatic hydroxyl groups is 1. The Hall–Kier alpha value is -3.64. The van der Waals surface area contributed by atoms with Crippen molar-refractivity contribution in [3.05, 3.63) is 84.1 Å². The van der Waals surface area contributed by atoms with E-state index in [2.05, 4.69) is 31.4 Å². The molecule has 1 aromatic heterocycles. The molecule has 3 aromatic carbocycles. The number of aromatic nitrogens is 2. The van der Waals surface area contributed by atoms with Gasteiger partial charge in [0.15, 0.2) is 0 Å². The van der Waals surface area contributed by atoms with Gasteiger partial charge in [0.05, 0.1) is 23.2 Å². The topological polar surface area (TPSA) is 79.2 Å². The highest BCUT2D eigenvalue weighted by atomic mass is 16.3. The summed E-state index contributed by atoms with van der Waals surface area (Å²) in [4.78, 5) is 12.9. The summed E-state index contributed by atoms with van der Waals surface area (Å²) in [7, 11) is 0. The molecule has 0 aliphatic rings. The number of carbonyl (C=O) groups is 1. The van der Waals surface area contributed by atoms with Gasteiger partial charge < -0.3 is 10.4 Å². The molecule has 3 N–H and O–H groups in total. The van der Waals surface area contributed by atoms with Crippen LogP contribution in [0.5, 0.6) is 0 Å². The molecular formula is C26H28N4O2. The van der Waals surface area contributed by atoms with Crippen molar-refractivity contribution in [2.24, 2.45) is 0 Å². The SMILES string of the molecule is CC(O)c1cccc(-n2nc(C(C)(C)C)cc2NC(=O)Nc2cccc3ccccc23)c1. The molecule has 0 saturated heterocycles. The first-order valence-electron chi connectivity index (χ1n) is 10.7. The highest BCUT2D eigenvalue weighted by Crippen LogP contribution is 2.28. The number of hydrogen-bond donors (Lipinski definition) is 3. The number of hydrogen-bond acceptors (Lipinski definition) is 3. The van der Waals surface area contributed by atoms with E-state index in [-0.39, 0.29) is 11.4 Å². The molecule has 0 radical (unpaired) electrons. The van der Waals surface area contributed by atoms with Gasteiger partial charge in [-0.3, -0.25) is 5.32 Å². The minimum atomic E-state index is -0.598. The number of nitrogens with one attached hydrogen (secondary N) is 2. The van der Waals surface area contributed by atoms with Gasteiger partial charge in [-0.1, -0.05) is 69.3 Å². The first kappa shape index (κ1) is 21.6. The Balaban J connectivity index is 1.67. The van der Waals surface area contributed by atoms with Crippen LogP contribution in [0.2, 0.25) is 0 Å². The van der Waals surface area contributed by atoms with E-state index < -0.39 is 6.10 Å². The Morgan fingerprint density at radius 3 is 2.44 bits per heavy atom. The highest BCUT2D eigenvalue weighted by molar-refractivity contribution is 6.06. The molecule has 0 aliphatic heterocycles. The number of fused-ring (bicyclic) bond motifs is 1. The third-order valence-electron chi connectivity index (χ3n) is 5.35. The number of aliphatic hydroxyl groups excluding tert-OH is 1. The highest BCUT2D eigenvalue weighted by Gasteiger charge is 2.22. The maximum atomic E-state index is 12.9. The van der Waals surface area contributed by atoms with Crippen molar-refractivity contribution in [2.45, 2.75) is 39.2 Å². The van der Waals surface area contributed by atoms with Crippen molar-refractivity contribution in [2.75, 3.05) is 10.6 Å². The largest absolute Gasteiger partial charge is 0.389 e. The van der Waals surface area contributed by atoms with Crippen molar-refractivity contribution < 1.29 is 9.90 Å². The lowest BCUT2D eigenvalue weighted by Gasteiger charge is -2.14. The lowest BCUT2D eigenvalue weighted by Crippen LogP contribution is -2.21. The van der Waals surface area contributed by atoms with Gasteiger partial charge in [-0.2, -0.15) is 5.10 Å². The lowest BCUT2D eigenvalue weighted by atomic mass is 9.92.